The van der Waals surface area contributed by atoms with Crippen molar-refractivity contribution in [3.63, 3.8) is 0 Å². The Morgan fingerprint density at radius 1 is 1.13 bits per heavy atom. The van der Waals surface area contributed by atoms with Gasteiger partial charge in [0.2, 0.25) is 0 Å². The van der Waals surface area contributed by atoms with E-state index in [4.69, 9.17) is 18.9 Å². The highest BCUT2D eigenvalue weighted by Gasteiger charge is 2.71. The van der Waals surface area contributed by atoms with Crippen molar-refractivity contribution < 1.29 is 49.0 Å². The van der Waals surface area contributed by atoms with Crippen molar-refractivity contribution in [2.75, 3.05) is 6.61 Å². The number of fused-ring (bicyclic) bond motifs is 3. The monoisotopic (exact) mass is 540 g/mol. The van der Waals surface area contributed by atoms with E-state index in [0.29, 0.717) is 19.3 Å². The molecule has 0 spiro atoms. The molecule has 4 fully saturated rings. The zero-order chi connectivity index (χ0) is 28.4. The van der Waals surface area contributed by atoms with Gasteiger partial charge in [0, 0.05) is 31.1 Å². The number of ketones is 1. The minimum absolute atomic E-state index is 0.00460. The first kappa shape index (κ1) is 29.6. The smallest absolute Gasteiger partial charge is 0.302 e. The number of hydrogen-bond acceptors (Lipinski definition) is 10. The summed E-state index contributed by atoms with van der Waals surface area (Å²) in [5.41, 5.74) is -3.16. The molecule has 4 aliphatic rings. The maximum atomic E-state index is 14.0. The third-order valence-electron chi connectivity index (χ3n) is 9.68. The molecule has 0 aromatic heterocycles. The molecule has 2 aliphatic heterocycles. The van der Waals surface area contributed by atoms with Gasteiger partial charge in [0.25, 0.3) is 0 Å². The SMILES string of the molecule is C=C[C@@]1(C)CC(=O)[C@@H]2[C@@]3(C)[C@@H](O[C@@H]4O[C@H](CO)[C@@H](O)[C@H](O)[C@H]4O)CCC(C)(C)[C@@H]3[C@H](OC(C)=O)C[C@@]2(C)O1. The highest BCUT2D eigenvalue weighted by Crippen LogP contribution is 2.66. The number of carbonyl (C=O) groups is 2. The number of carbonyl (C=O) groups excluding carboxylic acids is 2. The molecule has 10 heteroatoms. The van der Waals surface area contributed by atoms with Gasteiger partial charge in [-0.15, -0.1) is 6.58 Å². The summed E-state index contributed by atoms with van der Waals surface area (Å²) in [6.45, 7) is 14.5. The molecule has 4 rings (SSSR count). The molecule has 0 bridgehead atoms. The fraction of sp³-hybridized carbons (Fsp3) is 0.857. The van der Waals surface area contributed by atoms with Crippen LogP contribution in [0.5, 0.6) is 0 Å². The number of esters is 1. The highest BCUT2D eigenvalue weighted by atomic mass is 16.7. The lowest BCUT2D eigenvalue weighted by molar-refractivity contribution is -0.346. The van der Waals surface area contributed by atoms with Gasteiger partial charge in [-0.05, 0) is 32.1 Å². The van der Waals surface area contributed by atoms with Crippen LogP contribution in [0.1, 0.15) is 67.2 Å². The summed E-state index contributed by atoms with van der Waals surface area (Å²) in [6.07, 6.45) is -5.13. The Morgan fingerprint density at radius 2 is 1.79 bits per heavy atom. The molecule has 2 heterocycles. The van der Waals surface area contributed by atoms with Crippen molar-refractivity contribution >= 4 is 11.8 Å². The van der Waals surface area contributed by atoms with Crippen molar-refractivity contribution in [1.82, 2.24) is 0 Å². The van der Waals surface area contributed by atoms with Crippen molar-refractivity contribution in [1.29, 1.82) is 0 Å². The number of rotatable bonds is 5. The van der Waals surface area contributed by atoms with Crippen LogP contribution in [-0.4, -0.2) is 92.9 Å². The Hall–Kier alpha value is -1.40. The maximum absolute atomic E-state index is 14.0. The molecule has 38 heavy (non-hydrogen) atoms. The molecule has 0 aromatic rings. The molecule has 0 aromatic carbocycles. The van der Waals surface area contributed by atoms with Crippen LogP contribution in [0.25, 0.3) is 0 Å². The molecular weight excluding hydrogens is 496 g/mol. The van der Waals surface area contributed by atoms with E-state index in [1.54, 1.807) is 6.08 Å². The molecule has 10 nitrogen and oxygen atoms in total. The van der Waals surface area contributed by atoms with Gasteiger partial charge in [-0.1, -0.05) is 26.8 Å². The molecule has 4 N–H and O–H groups in total. The summed E-state index contributed by atoms with van der Waals surface area (Å²) in [5, 5.41) is 41.0. The van der Waals surface area contributed by atoms with Crippen LogP contribution in [0, 0.1) is 22.7 Å². The van der Waals surface area contributed by atoms with Crippen molar-refractivity contribution in [3.8, 4) is 0 Å². The lowest BCUT2D eigenvalue weighted by Gasteiger charge is -2.67. The summed E-state index contributed by atoms with van der Waals surface area (Å²) in [7, 11) is 0. The number of aliphatic hydroxyl groups is 4. The molecular formula is C28H44O10. The summed E-state index contributed by atoms with van der Waals surface area (Å²) in [4.78, 5) is 26.3. The van der Waals surface area contributed by atoms with Crippen molar-refractivity contribution in [2.24, 2.45) is 22.7 Å². The third-order valence-corrected chi connectivity index (χ3v) is 9.68. The molecule has 0 unspecified atom stereocenters. The summed E-state index contributed by atoms with van der Waals surface area (Å²) < 4.78 is 24.7. The molecule has 216 valence electrons. The molecule has 2 saturated heterocycles. The van der Waals surface area contributed by atoms with Gasteiger partial charge in [-0.2, -0.15) is 0 Å². The Kier molecular flexibility index (Phi) is 7.71. The number of aliphatic hydroxyl groups excluding tert-OH is 4. The van der Waals surface area contributed by atoms with E-state index >= 15 is 0 Å². The second kappa shape index (κ2) is 9.90. The van der Waals surface area contributed by atoms with E-state index in [-0.39, 0.29) is 23.5 Å². The van der Waals surface area contributed by atoms with Crippen LogP contribution in [0.15, 0.2) is 12.7 Å². The van der Waals surface area contributed by atoms with E-state index in [9.17, 15) is 30.0 Å². The summed E-state index contributed by atoms with van der Waals surface area (Å²) >= 11 is 0. The first-order valence-corrected chi connectivity index (χ1v) is 13.5. The summed E-state index contributed by atoms with van der Waals surface area (Å²) in [5.74, 6) is -1.37. The number of Topliss-reactive ketones (excluding diaryl/α,β-unsaturated/α-hetero) is 1. The Bertz CT molecular complexity index is 950. The summed E-state index contributed by atoms with van der Waals surface area (Å²) in [6, 6.07) is 0. The van der Waals surface area contributed by atoms with E-state index < -0.39 is 78.0 Å². The lowest BCUT2D eigenvalue weighted by atomic mass is 9.42. The van der Waals surface area contributed by atoms with Crippen LogP contribution >= 0.6 is 0 Å². The fourth-order valence-electron chi connectivity index (χ4n) is 8.37. The van der Waals surface area contributed by atoms with Gasteiger partial charge in [-0.3, -0.25) is 9.59 Å². The molecule has 12 atom stereocenters. The van der Waals surface area contributed by atoms with Gasteiger partial charge < -0.3 is 39.4 Å². The highest BCUT2D eigenvalue weighted by molar-refractivity contribution is 5.85. The average molecular weight is 541 g/mol. The van der Waals surface area contributed by atoms with Crippen LogP contribution in [0.3, 0.4) is 0 Å². The van der Waals surface area contributed by atoms with Gasteiger partial charge in [0.05, 0.1) is 29.8 Å². The van der Waals surface area contributed by atoms with Gasteiger partial charge in [0.1, 0.15) is 36.3 Å². The van der Waals surface area contributed by atoms with E-state index in [0.717, 1.165) is 0 Å². The zero-order valence-corrected chi connectivity index (χ0v) is 23.3. The topological polar surface area (TPSA) is 152 Å². The fourth-order valence-corrected chi connectivity index (χ4v) is 8.37. The van der Waals surface area contributed by atoms with Crippen LogP contribution in [-0.2, 0) is 28.5 Å². The van der Waals surface area contributed by atoms with E-state index in [2.05, 4.69) is 20.4 Å². The first-order valence-electron chi connectivity index (χ1n) is 13.5. The Balaban J connectivity index is 1.80. The van der Waals surface area contributed by atoms with Gasteiger partial charge >= 0.3 is 5.97 Å². The maximum Gasteiger partial charge on any atom is 0.302 e. The molecule has 2 aliphatic carbocycles. The minimum atomic E-state index is -1.59. The largest absolute Gasteiger partial charge is 0.462 e. The van der Waals surface area contributed by atoms with Crippen molar-refractivity contribution in [3.05, 3.63) is 12.7 Å². The predicted octanol–water partition coefficient (Wildman–Crippen LogP) is 1.26. The molecule has 2 saturated carbocycles. The van der Waals surface area contributed by atoms with Crippen LogP contribution in [0.2, 0.25) is 0 Å². The van der Waals surface area contributed by atoms with E-state index in [1.165, 1.54) is 6.92 Å². The first-order chi connectivity index (χ1) is 17.5. The van der Waals surface area contributed by atoms with Gasteiger partial charge in [-0.25, -0.2) is 0 Å². The lowest BCUT2D eigenvalue weighted by Crippen LogP contribution is -2.73. The second-order valence-corrected chi connectivity index (χ2v) is 13.1. The Morgan fingerprint density at radius 3 is 2.37 bits per heavy atom. The zero-order valence-electron chi connectivity index (χ0n) is 23.3. The van der Waals surface area contributed by atoms with Crippen LogP contribution < -0.4 is 0 Å². The second-order valence-electron chi connectivity index (χ2n) is 13.1. The predicted molar refractivity (Wildman–Crippen MR) is 135 cm³/mol. The number of hydrogen-bond donors (Lipinski definition) is 4. The van der Waals surface area contributed by atoms with Crippen molar-refractivity contribution in [2.45, 2.75) is 121 Å². The minimum Gasteiger partial charge on any atom is -0.462 e. The quantitative estimate of drug-likeness (QED) is 0.296. The standard InChI is InChI=1S/C28H44O10/c1-8-26(5)11-15(31)22-27(6,38-26)12-16(35-14(2)30)23-25(3,4)10-9-18(28(22,23)7)37-24-21(34)20(33)19(32)17(13-29)36-24/h8,16-24,29,32-34H,1,9-13H2,2-7H3/t16-,17-,18+,19-,20+,21-,22+,23+,24+,26+,27-,28-/m1/s1. The normalized spacial score (nSPS) is 50.5. The number of ether oxygens (including phenoxy) is 4. The van der Waals surface area contributed by atoms with Crippen LogP contribution in [0.4, 0.5) is 0 Å². The molecule has 0 radical (unpaired) electrons. The van der Waals surface area contributed by atoms with Gasteiger partial charge in [0.15, 0.2) is 6.29 Å². The third kappa shape index (κ3) is 4.66. The van der Waals surface area contributed by atoms with E-state index in [1.807, 2.05) is 20.8 Å². The molecule has 0 amide bonds. The average Bonchev–Trinajstić information content (AvgIpc) is 2.79. The Labute approximate surface area is 224 Å².